The van der Waals surface area contributed by atoms with Crippen LogP contribution in [-0.2, 0) is 16.6 Å². The topological polar surface area (TPSA) is 64.3 Å². The Kier molecular flexibility index (Phi) is 3.60. The summed E-state index contributed by atoms with van der Waals surface area (Å²) in [6, 6.07) is 1.70. The van der Waals surface area contributed by atoms with Crippen molar-refractivity contribution in [2.75, 3.05) is 6.61 Å². The molecule has 2 aromatic rings. The summed E-state index contributed by atoms with van der Waals surface area (Å²) in [5.74, 6) is 0.0285. The van der Waals surface area contributed by atoms with Gasteiger partial charge in [0.2, 0.25) is 0 Å². The number of nitrogens with zero attached hydrogens (tertiary/aromatic N) is 2. The van der Waals surface area contributed by atoms with Gasteiger partial charge in [0.15, 0.2) is 0 Å². The van der Waals surface area contributed by atoms with Crippen LogP contribution >= 0.6 is 27.3 Å². The van der Waals surface area contributed by atoms with Gasteiger partial charge in [-0.1, -0.05) is 15.9 Å². The second-order valence-corrected chi connectivity index (χ2v) is 6.10. The fourth-order valence-electron chi connectivity index (χ4n) is 2.36. The van der Waals surface area contributed by atoms with Crippen LogP contribution in [0.2, 0.25) is 0 Å². The van der Waals surface area contributed by atoms with Crippen LogP contribution in [0.3, 0.4) is 0 Å². The van der Waals surface area contributed by atoms with Crippen LogP contribution < -0.4 is 0 Å². The number of thiophene rings is 1. The Morgan fingerprint density at radius 2 is 2.53 bits per heavy atom. The van der Waals surface area contributed by atoms with Gasteiger partial charge in [0.1, 0.15) is 15.5 Å². The zero-order valence-electron chi connectivity index (χ0n) is 10.1. The average molecular weight is 345 g/mol. The van der Waals surface area contributed by atoms with Crippen molar-refractivity contribution in [3.05, 3.63) is 16.8 Å². The fourth-order valence-corrected chi connectivity index (χ4v) is 3.68. The lowest BCUT2D eigenvalue weighted by molar-refractivity contribution is 0.0702. The zero-order chi connectivity index (χ0) is 13.4. The first kappa shape index (κ1) is 13.1. The SMILES string of the molecule is O=C(O)c1cc2c(nc(CBr)n2C[C@@H]2CCCO2)s1. The molecule has 0 unspecified atom stereocenters. The lowest BCUT2D eigenvalue weighted by Crippen LogP contribution is -2.16. The van der Waals surface area contributed by atoms with E-state index in [1.807, 2.05) is 0 Å². The summed E-state index contributed by atoms with van der Waals surface area (Å²) in [6.07, 6.45) is 2.36. The van der Waals surface area contributed by atoms with Crippen molar-refractivity contribution in [2.45, 2.75) is 30.8 Å². The molecule has 102 valence electrons. The predicted octanol–water partition coefficient (Wildman–Crippen LogP) is 2.87. The normalized spacial score (nSPS) is 19.3. The van der Waals surface area contributed by atoms with E-state index in [2.05, 4.69) is 25.5 Å². The van der Waals surface area contributed by atoms with Crippen LogP contribution in [0.25, 0.3) is 10.3 Å². The maximum atomic E-state index is 11.0. The zero-order valence-corrected chi connectivity index (χ0v) is 12.5. The molecule has 2 aromatic heterocycles. The molecule has 0 amide bonds. The molecule has 0 spiro atoms. The summed E-state index contributed by atoms with van der Waals surface area (Å²) in [7, 11) is 0. The summed E-state index contributed by atoms with van der Waals surface area (Å²) in [4.78, 5) is 16.6. The highest BCUT2D eigenvalue weighted by Gasteiger charge is 2.21. The van der Waals surface area contributed by atoms with Crippen molar-refractivity contribution in [3.63, 3.8) is 0 Å². The highest BCUT2D eigenvalue weighted by Crippen LogP contribution is 2.28. The summed E-state index contributed by atoms with van der Waals surface area (Å²) < 4.78 is 7.72. The summed E-state index contributed by atoms with van der Waals surface area (Å²) in [6.45, 7) is 1.56. The number of carboxylic acids is 1. The molecule has 1 saturated heterocycles. The van der Waals surface area contributed by atoms with E-state index in [0.29, 0.717) is 10.2 Å². The Bertz CT molecular complexity index is 616. The Labute approximate surface area is 122 Å². The number of alkyl halides is 1. The monoisotopic (exact) mass is 344 g/mol. The van der Waals surface area contributed by atoms with E-state index in [9.17, 15) is 4.79 Å². The number of carbonyl (C=O) groups is 1. The number of ether oxygens (including phenoxy) is 1. The fraction of sp³-hybridized carbons (Fsp3) is 0.500. The van der Waals surface area contributed by atoms with Gasteiger partial charge in [-0.25, -0.2) is 9.78 Å². The third-order valence-electron chi connectivity index (χ3n) is 3.27. The van der Waals surface area contributed by atoms with Crippen molar-refractivity contribution in [3.8, 4) is 0 Å². The summed E-state index contributed by atoms with van der Waals surface area (Å²) in [5, 5.41) is 9.70. The lowest BCUT2D eigenvalue weighted by atomic mass is 10.2. The largest absolute Gasteiger partial charge is 0.477 e. The molecule has 0 aliphatic carbocycles. The molecular formula is C12H13BrN2O3S. The van der Waals surface area contributed by atoms with E-state index in [1.54, 1.807) is 6.07 Å². The molecule has 5 nitrogen and oxygen atoms in total. The molecule has 0 bridgehead atoms. The first-order valence-corrected chi connectivity index (χ1v) is 8.02. The van der Waals surface area contributed by atoms with Crippen LogP contribution in [0.5, 0.6) is 0 Å². The summed E-state index contributed by atoms with van der Waals surface area (Å²) in [5.41, 5.74) is 0.896. The van der Waals surface area contributed by atoms with Gasteiger partial charge in [-0.3, -0.25) is 0 Å². The second-order valence-electron chi connectivity index (χ2n) is 4.51. The van der Waals surface area contributed by atoms with E-state index < -0.39 is 5.97 Å². The third kappa shape index (κ3) is 2.42. The number of hydrogen-bond acceptors (Lipinski definition) is 4. The Balaban J connectivity index is 2.00. The minimum atomic E-state index is -0.896. The first-order chi connectivity index (χ1) is 9.19. The van der Waals surface area contributed by atoms with Crippen LogP contribution in [0.4, 0.5) is 0 Å². The minimum Gasteiger partial charge on any atom is -0.477 e. The minimum absolute atomic E-state index is 0.211. The van der Waals surface area contributed by atoms with Crippen LogP contribution in [-0.4, -0.2) is 33.3 Å². The molecule has 19 heavy (non-hydrogen) atoms. The number of imidazole rings is 1. The number of aromatic carboxylic acids is 1. The Morgan fingerprint density at radius 1 is 1.68 bits per heavy atom. The molecule has 1 fully saturated rings. The van der Waals surface area contributed by atoms with E-state index in [-0.39, 0.29) is 6.10 Å². The van der Waals surface area contributed by atoms with Crippen LogP contribution in [0.1, 0.15) is 28.3 Å². The van der Waals surface area contributed by atoms with Gasteiger partial charge in [-0.05, 0) is 18.9 Å². The maximum Gasteiger partial charge on any atom is 0.346 e. The highest BCUT2D eigenvalue weighted by atomic mass is 79.9. The molecule has 3 heterocycles. The van der Waals surface area contributed by atoms with Gasteiger partial charge in [-0.2, -0.15) is 0 Å². The molecule has 1 N–H and O–H groups in total. The van der Waals surface area contributed by atoms with E-state index >= 15 is 0 Å². The van der Waals surface area contributed by atoms with E-state index in [4.69, 9.17) is 9.84 Å². The van der Waals surface area contributed by atoms with Crippen molar-refractivity contribution < 1.29 is 14.6 Å². The average Bonchev–Trinajstić information content (AvgIpc) is 3.06. The van der Waals surface area contributed by atoms with Gasteiger partial charge < -0.3 is 14.4 Å². The van der Waals surface area contributed by atoms with E-state index in [1.165, 1.54) is 11.3 Å². The second kappa shape index (κ2) is 5.22. The molecule has 1 atom stereocenters. The molecule has 0 saturated carbocycles. The quantitative estimate of drug-likeness (QED) is 0.866. The van der Waals surface area contributed by atoms with Crippen LogP contribution in [0, 0.1) is 0 Å². The van der Waals surface area contributed by atoms with Crippen molar-refractivity contribution in [1.82, 2.24) is 9.55 Å². The third-order valence-corrected chi connectivity index (χ3v) is 4.77. The molecular weight excluding hydrogens is 332 g/mol. The molecule has 7 heteroatoms. The van der Waals surface area contributed by atoms with E-state index in [0.717, 1.165) is 42.2 Å². The molecule has 3 rings (SSSR count). The van der Waals surface area contributed by atoms with Gasteiger partial charge in [0.25, 0.3) is 0 Å². The van der Waals surface area contributed by atoms with Gasteiger partial charge >= 0.3 is 5.97 Å². The van der Waals surface area contributed by atoms with Crippen LogP contribution in [0.15, 0.2) is 6.07 Å². The standard InChI is InChI=1S/C12H13BrN2O3S/c13-5-10-14-11-8(4-9(19-11)12(16)17)15(10)6-7-2-1-3-18-7/h4,7H,1-3,5-6H2,(H,16,17)/t7-/m0/s1. The maximum absolute atomic E-state index is 11.0. The Hall–Kier alpha value is -0.920. The van der Waals surface area contributed by atoms with Gasteiger partial charge in [-0.15, -0.1) is 11.3 Å². The molecule has 0 radical (unpaired) electrons. The Morgan fingerprint density at radius 3 is 3.16 bits per heavy atom. The number of carboxylic acid groups (broad SMARTS) is 1. The summed E-state index contributed by atoms with van der Waals surface area (Å²) >= 11 is 4.65. The van der Waals surface area contributed by atoms with Gasteiger partial charge in [0, 0.05) is 6.61 Å². The predicted molar refractivity (Wildman–Crippen MR) is 76.2 cm³/mol. The number of rotatable bonds is 4. The highest BCUT2D eigenvalue weighted by molar-refractivity contribution is 9.08. The molecule has 1 aliphatic rings. The molecule has 0 aromatic carbocycles. The van der Waals surface area contributed by atoms with Crippen molar-refractivity contribution >= 4 is 43.6 Å². The first-order valence-electron chi connectivity index (χ1n) is 6.09. The number of hydrogen-bond donors (Lipinski definition) is 1. The van der Waals surface area contributed by atoms with Gasteiger partial charge in [0.05, 0.1) is 23.5 Å². The number of aromatic nitrogens is 2. The number of halogens is 1. The van der Waals surface area contributed by atoms with Crippen molar-refractivity contribution in [2.24, 2.45) is 0 Å². The lowest BCUT2D eigenvalue weighted by Gasteiger charge is -2.12. The number of fused-ring (bicyclic) bond motifs is 1. The smallest absolute Gasteiger partial charge is 0.346 e. The van der Waals surface area contributed by atoms with Crippen molar-refractivity contribution in [1.29, 1.82) is 0 Å². The molecule has 1 aliphatic heterocycles.